The first-order valence-electron chi connectivity index (χ1n) is 8.53. The predicted octanol–water partition coefficient (Wildman–Crippen LogP) is 1.75. The topological polar surface area (TPSA) is 81.7 Å². The first-order valence-corrected chi connectivity index (χ1v) is 8.53. The van der Waals surface area contributed by atoms with Gasteiger partial charge < -0.3 is 20.6 Å². The standard InChI is InChI=1S/C17H21F4N3O3/c18-13-3-2-11(17(19,20)21)10-14(13)23-16(27)15(26)22-6-1-7-24-8-4-12(25)5-9-24/h2-3,10,12,25H,1,4-9H2,(H,22,26)(H,23,27). The van der Waals surface area contributed by atoms with E-state index in [9.17, 15) is 32.3 Å². The van der Waals surface area contributed by atoms with Crippen molar-refractivity contribution in [2.24, 2.45) is 0 Å². The molecule has 2 amide bonds. The van der Waals surface area contributed by atoms with Crippen LogP contribution in [0.3, 0.4) is 0 Å². The summed E-state index contributed by atoms with van der Waals surface area (Å²) >= 11 is 0. The molecule has 2 rings (SSSR count). The summed E-state index contributed by atoms with van der Waals surface area (Å²) in [6.45, 7) is 2.38. The van der Waals surface area contributed by atoms with E-state index in [0.717, 1.165) is 13.1 Å². The summed E-state index contributed by atoms with van der Waals surface area (Å²) in [5.74, 6) is -3.37. The third kappa shape index (κ3) is 6.47. The van der Waals surface area contributed by atoms with E-state index in [0.29, 0.717) is 44.0 Å². The van der Waals surface area contributed by atoms with Crippen molar-refractivity contribution in [3.63, 3.8) is 0 Å². The van der Waals surface area contributed by atoms with E-state index in [2.05, 4.69) is 10.2 Å². The van der Waals surface area contributed by atoms with Crippen LogP contribution >= 0.6 is 0 Å². The lowest BCUT2D eigenvalue weighted by Gasteiger charge is -2.29. The second kappa shape index (κ2) is 9.14. The fraction of sp³-hybridized carbons (Fsp3) is 0.529. The van der Waals surface area contributed by atoms with Gasteiger partial charge in [0.05, 0.1) is 17.4 Å². The number of benzene rings is 1. The molecule has 0 atom stereocenters. The Hall–Kier alpha value is -2.20. The van der Waals surface area contributed by atoms with Crippen molar-refractivity contribution >= 4 is 17.5 Å². The lowest BCUT2D eigenvalue weighted by molar-refractivity contribution is -0.137. The van der Waals surface area contributed by atoms with Gasteiger partial charge in [0.25, 0.3) is 0 Å². The second-order valence-corrected chi connectivity index (χ2v) is 6.33. The molecule has 1 aliphatic rings. The Bertz CT molecular complexity index is 674. The number of nitrogens with one attached hydrogen (secondary N) is 2. The lowest BCUT2D eigenvalue weighted by atomic mass is 10.1. The van der Waals surface area contributed by atoms with Crippen molar-refractivity contribution in [2.45, 2.75) is 31.5 Å². The van der Waals surface area contributed by atoms with Crippen LogP contribution in [-0.2, 0) is 15.8 Å². The number of hydrogen-bond acceptors (Lipinski definition) is 4. The number of anilines is 1. The number of aliphatic hydroxyl groups is 1. The molecule has 6 nitrogen and oxygen atoms in total. The molecule has 1 fully saturated rings. The molecular formula is C17H21F4N3O3. The summed E-state index contributed by atoms with van der Waals surface area (Å²) in [4.78, 5) is 25.6. The van der Waals surface area contributed by atoms with Gasteiger partial charge in [0, 0.05) is 19.6 Å². The van der Waals surface area contributed by atoms with E-state index in [1.807, 2.05) is 5.32 Å². The molecule has 0 bridgehead atoms. The smallest absolute Gasteiger partial charge is 0.393 e. The largest absolute Gasteiger partial charge is 0.416 e. The number of aliphatic hydroxyl groups excluding tert-OH is 1. The second-order valence-electron chi connectivity index (χ2n) is 6.33. The molecule has 0 unspecified atom stereocenters. The van der Waals surface area contributed by atoms with Crippen LogP contribution in [0.2, 0.25) is 0 Å². The van der Waals surface area contributed by atoms with Gasteiger partial charge in [0.2, 0.25) is 0 Å². The molecular weight excluding hydrogens is 370 g/mol. The summed E-state index contributed by atoms with van der Waals surface area (Å²) in [6, 6.07) is 1.56. The van der Waals surface area contributed by atoms with Crippen LogP contribution in [0.25, 0.3) is 0 Å². The Morgan fingerprint density at radius 1 is 1.19 bits per heavy atom. The number of alkyl halides is 3. The first kappa shape index (κ1) is 21.1. The highest BCUT2D eigenvalue weighted by atomic mass is 19.4. The average molecular weight is 391 g/mol. The molecule has 0 aliphatic carbocycles. The van der Waals surface area contributed by atoms with Gasteiger partial charge in [0.15, 0.2) is 0 Å². The van der Waals surface area contributed by atoms with Crippen molar-refractivity contribution in [1.29, 1.82) is 0 Å². The summed E-state index contributed by atoms with van der Waals surface area (Å²) < 4.78 is 51.5. The number of hydrogen-bond donors (Lipinski definition) is 3. The zero-order chi connectivity index (χ0) is 20.0. The van der Waals surface area contributed by atoms with Crippen LogP contribution in [0, 0.1) is 5.82 Å². The Morgan fingerprint density at radius 3 is 2.48 bits per heavy atom. The first-order chi connectivity index (χ1) is 12.7. The highest BCUT2D eigenvalue weighted by molar-refractivity contribution is 6.39. The van der Waals surface area contributed by atoms with Crippen LogP contribution in [-0.4, -0.2) is 54.1 Å². The fourth-order valence-electron chi connectivity index (χ4n) is 2.70. The van der Waals surface area contributed by atoms with Crippen LogP contribution in [0.1, 0.15) is 24.8 Å². The van der Waals surface area contributed by atoms with Crippen molar-refractivity contribution in [2.75, 3.05) is 31.5 Å². The molecule has 3 N–H and O–H groups in total. The third-order valence-corrected chi connectivity index (χ3v) is 4.24. The van der Waals surface area contributed by atoms with Crippen molar-refractivity contribution in [1.82, 2.24) is 10.2 Å². The number of amides is 2. The molecule has 27 heavy (non-hydrogen) atoms. The van der Waals surface area contributed by atoms with Crippen molar-refractivity contribution < 1.29 is 32.3 Å². The van der Waals surface area contributed by atoms with Gasteiger partial charge in [-0.15, -0.1) is 0 Å². The van der Waals surface area contributed by atoms with Crippen molar-refractivity contribution in [3.8, 4) is 0 Å². The zero-order valence-corrected chi connectivity index (χ0v) is 14.5. The Morgan fingerprint density at radius 2 is 1.85 bits per heavy atom. The van der Waals surface area contributed by atoms with Gasteiger partial charge in [-0.05, 0) is 44.0 Å². The van der Waals surface area contributed by atoms with Gasteiger partial charge in [-0.1, -0.05) is 0 Å². The van der Waals surface area contributed by atoms with Gasteiger partial charge >= 0.3 is 18.0 Å². The third-order valence-electron chi connectivity index (χ3n) is 4.24. The minimum atomic E-state index is -4.69. The van der Waals surface area contributed by atoms with Gasteiger partial charge in [0.1, 0.15) is 5.82 Å². The number of likely N-dealkylation sites (tertiary alicyclic amines) is 1. The minimum absolute atomic E-state index is 0.191. The normalized spacial score (nSPS) is 16.2. The average Bonchev–Trinajstić information content (AvgIpc) is 2.60. The van der Waals surface area contributed by atoms with Crippen LogP contribution in [0.15, 0.2) is 18.2 Å². The maximum absolute atomic E-state index is 13.6. The Labute approximate surface area is 153 Å². The molecule has 150 valence electrons. The molecule has 0 radical (unpaired) electrons. The van der Waals surface area contributed by atoms with Crippen LogP contribution in [0.4, 0.5) is 23.2 Å². The summed E-state index contributed by atoms with van der Waals surface area (Å²) in [5.41, 5.74) is -1.84. The molecule has 1 aromatic rings. The molecule has 0 spiro atoms. The summed E-state index contributed by atoms with van der Waals surface area (Å²) in [7, 11) is 0. The number of rotatable bonds is 5. The maximum Gasteiger partial charge on any atom is 0.416 e. The zero-order valence-electron chi connectivity index (χ0n) is 14.5. The summed E-state index contributed by atoms with van der Waals surface area (Å²) in [6.07, 6.45) is -3.03. The molecule has 1 saturated heterocycles. The molecule has 1 aliphatic heterocycles. The van der Waals surface area contributed by atoms with E-state index < -0.39 is 35.1 Å². The van der Waals surface area contributed by atoms with E-state index in [1.54, 1.807) is 0 Å². The predicted molar refractivity (Wildman–Crippen MR) is 89.3 cm³/mol. The monoisotopic (exact) mass is 391 g/mol. The van der Waals surface area contributed by atoms with E-state index in [4.69, 9.17) is 0 Å². The number of piperidine rings is 1. The minimum Gasteiger partial charge on any atom is -0.393 e. The lowest BCUT2D eigenvalue weighted by Crippen LogP contribution is -2.39. The van der Waals surface area contributed by atoms with Crippen LogP contribution < -0.4 is 10.6 Å². The SMILES string of the molecule is O=C(NCCCN1CCC(O)CC1)C(=O)Nc1cc(C(F)(F)F)ccc1F. The van der Waals surface area contributed by atoms with Gasteiger partial charge in [-0.3, -0.25) is 9.59 Å². The van der Waals surface area contributed by atoms with Gasteiger partial charge in [-0.2, -0.15) is 13.2 Å². The molecule has 0 saturated carbocycles. The van der Waals surface area contributed by atoms with Crippen LogP contribution in [0.5, 0.6) is 0 Å². The fourth-order valence-corrected chi connectivity index (χ4v) is 2.70. The van der Waals surface area contributed by atoms with Crippen molar-refractivity contribution in [3.05, 3.63) is 29.6 Å². The van der Waals surface area contributed by atoms with Gasteiger partial charge in [-0.25, -0.2) is 4.39 Å². The number of carbonyl (C=O) groups is 2. The van der Waals surface area contributed by atoms with E-state index >= 15 is 0 Å². The van der Waals surface area contributed by atoms with E-state index in [-0.39, 0.29) is 12.6 Å². The number of carbonyl (C=O) groups excluding carboxylic acids is 2. The quantitative estimate of drug-likeness (QED) is 0.406. The Kier molecular flexibility index (Phi) is 7.14. The van der Waals surface area contributed by atoms with E-state index in [1.165, 1.54) is 0 Å². The highest BCUT2D eigenvalue weighted by Gasteiger charge is 2.31. The number of nitrogens with zero attached hydrogens (tertiary/aromatic N) is 1. The molecule has 1 heterocycles. The molecule has 0 aromatic heterocycles. The molecule has 10 heteroatoms. The highest BCUT2D eigenvalue weighted by Crippen LogP contribution is 2.31. The Balaban J connectivity index is 1.78. The molecule has 1 aromatic carbocycles. The number of halogens is 4. The maximum atomic E-state index is 13.6. The summed E-state index contributed by atoms with van der Waals surface area (Å²) in [5, 5.41) is 13.6.